The average Bonchev–Trinajstić information content (AvgIpc) is 2.65. The summed E-state index contributed by atoms with van der Waals surface area (Å²) in [5, 5.41) is 4.74. The third kappa shape index (κ3) is 3.68. The largest absolute Gasteiger partial charge is 0.207 e. The smallest absolute Gasteiger partial charge is 0.127 e. The molecule has 132 valence electrons. The first-order valence-electron chi connectivity index (χ1n) is 9.06. The fourth-order valence-electron chi connectivity index (χ4n) is 3.41. The molecule has 0 saturated carbocycles. The lowest BCUT2D eigenvalue weighted by Crippen LogP contribution is -1.85. The lowest BCUT2D eigenvalue weighted by atomic mass is 9.97. The Morgan fingerprint density at radius 3 is 2.00 bits per heavy atom. The van der Waals surface area contributed by atoms with Crippen molar-refractivity contribution < 1.29 is 8.78 Å². The molecule has 27 heavy (non-hydrogen) atoms. The summed E-state index contributed by atoms with van der Waals surface area (Å²) in [4.78, 5) is 0. The molecular formula is C25H18F2. The van der Waals surface area contributed by atoms with Gasteiger partial charge in [-0.15, -0.1) is 0 Å². The number of hydrogen-bond donors (Lipinski definition) is 0. The van der Waals surface area contributed by atoms with Crippen LogP contribution in [0.3, 0.4) is 0 Å². The van der Waals surface area contributed by atoms with Gasteiger partial charge in [-0.05, 0) is 57.8 Å². The Labute approximate surface area is 157 Å². The first-order chi connectivity index (χ1) is 13.1. The molecule has 4 rings (SSSR count). The van der Waals surface area contributed by atoms with Gasteiger partial charge in [0.1, 0.15) is 11.6 Å². The molecule has 0 amide bonds. The summed E-state index contributed by atoms with van der Waals surface area (Å²) >= 11 is 0. The van der Waals surface area contributed by atoms with Crippen LogP contribution < -0.4 is 0 Å². The molecule has 0 bridgehead atoms. The van der Waals surface area contributed by atoms with Crippen molar-refractivity contribution in [2.75, 3.05) is 0 Å². The number of rotatable bonds is 2. The molecule has 0 heterocycles. The number of hydrogen-bond acceptors (Lipinski definition) is 0. The van der Waals surface area contributed by atoms with Crippen molar-refractivity contribution in [3.8, 4) is 11.8 Å². The first-order valence-corrected chi connectivity index (χ1v) is 9.06. The second kappa shape index (κ2) is 7.21. The van der Waals surface area contributed by atoms with E-state index in [2.05, 4.69) is 55.2 Å². The van der Waals surface area contributed by atoms with Gasteiger partial charge in [-0.25, -0.2) is 8.78 Å². The van der Waals surface area contributed by atoms with Crippen LogP contribution in [0, 0.1) is 23.5 Å². The van der Waals surface area contributed by atoms with Crippen molar-refractivity contribution in [2.45, 2.75) is 19.8 Å². The van der Waals surface area contributed by atoms with Gasteiger partial charge in [-0.3, -0.25) is 0 Å². The molecule has 0 aliphatic carbocycles. The monoisotopic (exact) mass is 356 g/mol. The molecule has 0 aromatic heterocycles. The number of fused-ring (bicyclic) bond motifs is 3. The maximum absolute atomic E-state index is 13.3. The Morgan fingerprint density at radius 1 is 0.667 bits per heavy atom. The predicted molar refractivity (Wildman–Crippen MR) is 108 cm³/mol. The van der Waals surface area contributed by atoms with Crippen LogP contribution >= 0.6 is 0 Å². The summed E-state index contributed by atoms with van der Waals surface area (Å²) in [5.41, 5.74) is 2.50. The van der Waals surface area contributed by atoms with E-state index in [-0.39, 0.29) is 0 Å². The average molecular weight is 356 g/mol. The molecule has 0 unspecified atom stereocenters. The van der Waals surface area contributed by atoms with Gasteiger partial charge in [0.2, 0.25) is 0 Å². The minimum atomic E-state index is -0.619. The van der Waals surface area contributed by atoms with E-state index >= 15 is 0 Å². The molecule has 4 aromatic carbocycles. The molecule has 4 aromatic rings. The maximum Gasteiger partial charge on any atom is 0.127 e. The second-order valence-electron chi connectivity index (χ2n) is 6.72. The fraction of sp³-hybridized carbons (Fsp3) is 0.120. The third-order valence-electron chi connectivity index (χ3n) is 4.65. The van der Waals surface area contributed by atoms with Crippen LogP contribution in [0.1, 0.15) is 30.0 Å². The summed E-state index contributed by atoms with van der Waals surface area (Å²) in [6.45, 7) is 2.19. The van der Waals surface area contributed by atoms with Gasteiger partial charge in [0.25, 0.3) is 0 Å². The lowest BCUT2D eigenvalue weighted by Gasteiger charge is -2.07. The van der Waals surface area contributed by atoms with Gasteiger partial charge in [0.05, 0.1) is 0 Å². The van der Waals surface area contributed by atoms with Crippen molar-refractivity contribution in [3.63, 3.8) is 0 Å². The lowest BCUT2D eigenvalue weighted by molar-refractivity contribution is 0.582. The van der Waals surface area contributed by atoms with E-state index < -0.39 is 11.6 Å². The Hall–Kier alpha value is -3.18. The molecular weight excluding hydrogens is 338 g/mol. The molecule has 0 saturated heterocycles. The second-order valence-corrected chi connectivity index (χ2v) is 6.72. The molecule has 0 aliphatic rings. The van der Waals surface area contributed by atoms with Crippen molar-refractivity contribution in [1.82, 2.24) is 0 Å². The summed E-state index contributed by atoms with van der Waals surface area (Å²) in [5.74, 6) is 4.60. The summed E-state index contributed by atoms with van der Waals surface area (Å²) < 4.78 is 26.6. The van der Waals surface area contributed by atoms with Crippen LogP contribution in [0.2, 0.25) is 0 Å². The maximum atomic E-state index is 13.3. The zero-order chi connectivity index (χ0) is 18.8. The number of benzene rings is 4. The van der Waals surface area contributed by atoms with E-state index in [1.807, 2.05) is 12.1 Å². The fourth-order valence-corrected chi connectivity index (χ4v) is 3.41. The number of aryl methyl sites for hydroxylation is 1. The van der Waals surface area contributed by atoms with Crippen molar-refractivity contribution >= 4 is 21.5 Å². The molecule has 0 fully saturated rings. The van der Waals surface area contributed by atoms with E-state index in [1.165, 1.54) is 33.9 Å². The Bertz CT molecular complexity index is 1190. The zero-order valence-corrected chi connectivity index (χ0v) is 15.0. The first kappa shape index (κ1) is 17.2. The highest BCUT2D eigenvalue weighted by atomic mass is 19.1. The minimum Gasteiger partial charge on any atom is -0.207 e. The van der Waals surface area contributed by atoms with Crippen LogP contribution in [0.15, 0.2) is 66.7 Å². The van der Waals surface area contributed by atoms with Crippen molar-refractivity contribution in [3.05, 3.63) is 95.1 Å². The SMILES string of the molecule is CCCc1ccc2c(ccc3cc(C#Cc4cc(F)cc(F)c4)ccc32)c1. The normalized spacial score (nSPS) is 10.8. The number of halogens is 2. The highest BCUT2D eigenvalue weighted by Crippen LogP contribution is 2.27. The topological polar surface area (TPSA) is 0 Å². The van der Waals surface area contributed by atoms with Crippen molar-refractivity contribution in [2.24, 2.45) is 0 Å². The van der Waals surface area contributed by atoms with Gasteiger partial charge < -0.3 is 0 Å². The van der Waals surface area contributed by atoms with Crippen LogP contribution in [-0.4, -0.2) is 0 Å². The van der Waals surface area contributed by atoms with Gasteiger partial charge in [0, 0.05) is 17.2 Å². The van der Waals surface area contributed by atoms with Gasteiger partial charge in [0.15, 0.2) is 0 Å². The Morgan fingerprint density at radius 2 is 1.30 bits per heavy atom. The molecule has 0 radical (unpaired) electrons. The summed E-state index contributed by atoms with van der Waals surface area (Å²) in [7, 11) is 0. The molecule has 0 N–H and O–H groups in total. The highest BCUT2D eigenvalue weighted by Gasteiger charge is 2.03. The van der Waals surface area contributed by atoms with E-state index in [0.717, 1.165) is 29.9 Å². The summed E-state index contributed by atoms with van der Waals surface area (Å²) in [6.07, 6.45) is 2.22. The Kier molecular flexibility index (Phi) is 4.60. The molecule has 0 atom stereocenters. The molecule has 0 nitrogen and oxygen atoms in total. The van der Waals surface area contributed by atoms with Gasteiger partial charge >= 0.3 is 0 Å². The molecule has 0 spiro atoms. The predicted octanol–water partition coefficient (Wildman–Crippen LogP) is 6.62. The van der Waals surface area contributed by atoms with E-state index in [4.69, 9.17) is 0 Å². The van der Waals surface area contributed by atoms with E-state index in [1.54, 1.807) is 0 Å². The zero-order valence-electron chi connectivity index (χ0n) is 15.0. The Balaban J connectivity index is 1.73. The molecule has 0 aliphatic heterocycles. The van der Waals surface area contributed by atoms with Crippen LogP contribution in [0.25, 0.3) is 21.5 Å². The molecule has 2 heteroatoms. The third-order valence-corrected chi connectivity index (χ3v) is 4.65. The highest BCUT2D eigenvalue weighted by molar-refractivity contribution is 6.07. The van der Waals surface area contributed by atoms with Gasteiger partial charge in [-0.2, -0.15) is 0 Å². The van der Waals surface area contributed by atoms with E-state index in [9.17, 15) is 8.78 Å². The standard InChI is InChI=1S/C25H18F2/c1-2-3-17-6-10-24-20(12-17)8-9-21-13-18(7-11-25(21)24)4-5-19-14-22(26)16-23(27)15-19/h6-16H,2-3H2,1H3. The van der Waals surface area contributed by atoms with Crippen LogP contribution in [0.5, 0.6) is 0 Å². The van der Waals surface area contributed by atoms with Gasteiger partial charge in [-0.1, -0.05) is 61.6 Å². The van der Waals surface area contributed by atoms with Crippen LogP contribution in [0.4, 0.5) is 8.78 Å². The van der Waals surface area contributed by atoms with Crippen molar-refractivity contribution in [1.29, 1.82) is 0 Å². The van der Waals surface area contributed by atoms with E-state index in [0.29, 0.717) is 5.56 Å². The summed E-state index contributed by atoms with van der Waals surface area (Å²) in [6, 6.07) is 20.2. The quantitative estimate of drug-likeness (QED) is 0.279. The minimum absolute atomic E-state index is 0.328. The van der Waals surface area contributed by atoms with Crippen LogP contribution in [-0.2, 0) is 6.42 Å².